The molecule has 172 valence electrons. The molecule has 0 fully saturated rings. The average molecular weight is 470 g/mol. The lowest BCUT2D eigenvalue weighted by Gasteiger charge is -2.36. The van der Waals surface area contributed by atoms with Gasteiger partial charge in [0.25, 0.3) is 5.56 Å². The number of aromatic amines is 1. The lowest BCUT2D eigenvalue weighted by molar-refractivity contribution is -0.117. The molecule has 0 saturated carbocycles. The smallest absolute Gasteiger partial charge is 0.330 e. The van der Waals surface area contributed by atoms with Crippen LogP contribution in [0.4, 0.5) is 0 Å². The zero-order chi connectivity index (χ0) is 23.6. The highest BCUT2D eigenvalue weighted by atomic mass is 32.3. The van der Waals surface area contributed by atoms with Gasteiger partial charge in [-0.2, -0.15) is 0 Å². The predicted molar refractivity (Wildman–Crippen MR) is 126 cm³/mol. The van der Waals surface area contributed by atoms with E-state index in [1.54, 1.807) is 49.6 Å². The van der Waals surface area contributed by atoms with E-state index < -0.39 is 33.5 Å². The van der Waals surface area contributed by atoms with Crippen molar-refractivity contribution in [3.63, 3.8) is 0 Å². The molecule has 9 nitrogen and oxygen atoms in total. The molecule has 1 aliphatic heterocycles. The van der Waals surface area contributed by atoms with Crippen molar-refractivity contribution < 1.29 is 18.6 Å². The van der Waals surface area contributed by atoms with Crippen molar-refractivity contribution in [2.24, 2.45) is 0 Å². The van der Waals surface area contributed by atoms with Crippen LogP contribution >= 0.6 is 10.6 Å². The molecule has 4 N–H and O–H groups in total. The Bertz CT molecular complexity index is 1340. The van der Waals surface area contributed by atoms with Crippen molar-refractivity contribution in [1.82, 2.24) is 14.9 Å². The van der Waals surface area contributed by atoms with Crippen molar-refractivity contribution in [2.45, 2.75) is 18.1 Å². The van der Waals surface area contributed by atoms with Crippen molar-refractivity contribution >= 4 is 22.6 Å². The summed E-state index contributed by atoms with van der Waals surface area (Å²) in [5, 5.41) is 2.48. The van der Waals surface area contributed by atoms with Crippen LogP contribution in [0.1, 0.15) is 16.7 Å². The Morgan fingerprint density at radius 3 is 2.58 bits per heavy atom. The van der Waals surface area contributed by atoms with E-state index in [0.29, 0.717) is 5.75 Å². The van der Waals surface area contributed by atoms with Crippen LogP contribution in [0.15, 0.2) is 74.8 Å². The third kappa shape index (κ3) is 4.77. The van der Waals surface area contributed by atoms with Gasteiger partial charge in [-0.1, -0.05) is 42.5 Å². The number of hydrogen-bond donors (Lipinski definition) is 4. The molecule has 0 aliphatic carbocycles. The average Bonchev–Trinajstić information content (AvgIpc) is 2.81. The molecule has 0 unspecified atom stereocenters. The number of benzene rings is 2. The van der Waals surface area contributed by atoms with E-state index in [9.17, 15) is 23.5 Å². The second kappa shape index (κ2) is 9.10. The molecule has 0 atom stereocenters. The van der Waals surface area contributed by atoms with Gasteiger partial charge in [0, 0.05) is 12.1 Å². The maximum atomic E-state index is 13.1. The van der Waals surface area contributed by atoms with Gasteiger partial charge in [-0.3, -0.25) is 28.2 Å². The third-order valence-corrected chi connectivity index (χ3v) is 6.94. The molecule has 0 spiro atoms. The van der Waals surface area contributed by atoms with Crippen LogP contribution in [0, 0.1) is 0 Å². The number of amides is 1. The third-order valence-electron chi connectivity index (χ3n) is 5.25. The Labute approximate surface area is 190 Å². The first-order valence-electron chi connectivity index (χ1n) is 10.1. The minimum atomic E-state index is -3.58. The van der Waals surface area contributed by atoms with Gasteiger partial charge in [-0.15, -0.1) is 10.6 Å². The van der Waals surface area contributed by atoms with Gasteiger partial charge < -0.3 is 10.1 Å². The van der Waals surface area contributed by atoms with E-state index in [1.165, 1.54) is 6.08 Å². The number of methoxy groups -OCH3 is 1. The highest BCUT2D eigenvalue weighted by Crippen LogP contribution is 2.51. The van der Waals surface area contributed by atoms with E-state index in [2.05, 4.69) is 10.3 Å². The minimum Gasteiger partial charge on any atom is -0.497 e. The first-order chi connectivity index (χ1) is 15.8. The summed E-state index contributed by atoms with van der Waals surface area (Å²) in [5.41, 5.74) is 0.00904. The number of carbonyl (C=O) groups is 1. The minimum absolute atomic E-state index is 0.00663. The fourth-order valence-corrected chi connectivity index (χ4v) is 5.12. The summed E-state index contributed by atoms with van der Waals surface area (Å²) in [7, 11) is -2.04. The first kappa shape index (κ1) is 22.6. The van der Waals surface area contributed by atoms with E-state index >= 15 is 0 Å². The van der Waals surface area contributed by atoms with Crippen LogP contribution in [-0.4, -0.2) is 37.4 Å². The summed E-state index contributed by atoms with van der Waals surface area (Å²) in [6.45, 7) is 0.190. The van der Waals surface area contributed by atoms with Crippen LogP contribution in [0.3, 0.4) is 0 Å². The Morgan fingerprint density at radius 1 is 1.12 bits per heavy atom. The lowest BCUT2D eigenvalue weighted by atomic mass is 10.1. The monoisotopic (exact) mass is 469 g/mol. The summed E-state index contributed by atoms with van der Waals surface area (Å²) >= 11 is 0. The van der Waals surface area contributed by atoms with Gasteiger partial charge in [0.2, 0.25) is 5.91 Å². The van der Waals surface area contributed by atoms with E-state index in [4.69, 9.17) is 4.74 Å². The molecule has 0 saturated heterocycles. The maximum absolute atomic E-state index is 13.1. The molecule has 4 rings (SSSR count). The second-order valence-corrected chi connectivity index (χ2v) is 9.60. The quantitative estimate of drug-likeness (QED) is 0.410. The van der Waals surface area contributed by atoms with Gasteiger partial charge in [-0.25, -0.2) is 4.79 Å². The zero-order valence-electron chi connectivity index (χ0n) is 17.8. The number of H-pyrrole nitrogens is 1. The zero-order valence-corrected chi connectivity index (χ0v) is 18.6. The molecule has 0 radical (unpaired) electrons. The van der Waals surface area contributed by atoms with Crippen LogP contribution in [0.5, 0.6) is 5.75 Å². The molecular formula is C23H23N3O6S. The van der Waals surface area contributed by atoms with Gasteiger partial charge in [0.1, 0.15) is 10.8 Å². The molecule has 33 heavy (non-hydrogen) atoms. The molecule has 0 bridgehead atoms. The maximum Gasteiger partial charge on any atom is 0.330 e. The molecule has 2 heterocycles. The molecule has 1 aliphatic rings. The van der Waals surface area contributed by atoms with Crippen LogP contribution in [0.25, 0.3) is 6.08 Å². The number of aromatic nitrogens is 2. The Morgan fingerprint density at radius 2 is 1.85 bits per heavy atom. The molecule has 3 aromatic rings. The summed E-state index contributed by atoms with van der Waals surface area (Å²) in [5.74, 6) is -0.296. The Balaban J connectivity index is 1.65. The van der Waals surface area contributed by atoms with Crippen LogP contribution < -0.4 is 21.3 Å². The van der Waals surface area contributed by atoms with E-state index in [0.717, 1.165) is 15.7 Å². The van der Waals surface area contributed by atoms with Crippen molar-refractivity contribution in [1.29, 1.82) is 0 Å². The number of carbonyl (C=O) groups excluding carboxylic acids is 1. The number of fused-ring (bicyclic) bond motifs is 1. The van der Waals surface area contributed by atoms with Crippen molar-refractivity contribution in [3.05, 3.63) is 97.7 Å². The standard InChI is InChI=1S/C23H23N3O6S/c1-32-18-9-5-8-16(10-18)12-24-20(27)17-11-19-21(33(30,31)14-17)25-23(29)26(22(19)28)13-15-6-3-2-4-7-15/h2-11,30-31H,12-14H2,1H3,(H,24,27)(H,25,29). The van der Waals surface area contributed by atoms with Gasteiger partial charge in [-0.05, 0) is 29.3 Å². The number of ether oxygens (including phenoxy) is 1. The fourth-order valence-electron chi connectivity index (χ4n) is 3.58. The Kier molecular flexibility index (Phi) is 6.23. The summed E-state index contributed by atoms with van der Waals surface area (Å²) in [6, 6.07) is 16.1. The predicted octanol–water partition coefficient (Wildman–Crippen LogP) is 2.42. The highest BCUT2D eigenvalue weighted by Gasteiger charge is 2.32. The molecule has 1 aromatic heterocycles. The summed E-state index contributed by atoms with van der Waals surface area (Å²) in [6.07, 6.45) is 1.31. The number of rotatable bonds is 6. The van der Waals surface area contributed by atoms with Gasteiger partial charge in [0.05, 0.1) is 25.0 Å². The van der Waals surface area contributed by atoms with E-state index in [-0.39, 0.29) is 29.3 Å². The topological polar surface area (TPSA) is 134 Å². The largest absolute Gasteiger partial charge is 0.497 e. The molecular weight excluding hydrogens is 446 g/mol. The molecule has 1 amide bonds. The Hall–Kier alpha value is -3.60. The SMILES string of the molecule is COc1cccc(CNC(=O)C2=Cc3c([nH]c(=O)n(Cc4ccccc4)c3=O)S(O)(O)C2)c1. The summed E-state index contributed by atoms with van der Waals surface area (Å²) in [4.78, 5) is 40.8. The fraction of sp³-hybridized carbons (Fsp3) is 0.174. The lowest BCUT2D eigenvalue weighted by Crippen LogP contribution is -2.40. The van der Waals surface area contributed by atoms with Crippen LogP contribution in [0.2, 0.25) is 0 Å². The van der Waals surface area contributed by atoms with Crippen molar-refractivity contribution in [2.75, 3.05) is 12.9 Å². The number of nitrogens with one attached hydrogen (secondary N) is 2. The highest BCUT2D eigenvalue weighted by molar-refractivity contribution is 8.24. The van der Waals surface area contributed by atoms with Crippen molar-refractivity contribution in [3.8, 4) is 5.75 Å². The normalized spacial score (nSPS) is 15.2. The van der Waals surface area contributed by atoms with Crippen LogP contribution in [-0.2, 0) is 17.9 Å². The first-order valence-corrected chi connectivity index (χ1v) is 11.8. The van der Waals surface area contributed by atoms with E-state index in [1.807, 2.05) is 12.1 Å². The van der Waals surface area contributed by atoms with Gasteiger partial charge >= 0.3 is 5.69 Å². The summed E-state index contributed by atoms with van der Waals surface area (Å²) < 4.78 is 27.4. The number of hydrogen-bond acceptors (Lipinski definition) is 6. The molecule has 10 heteroatoms. The molecule has 2 aromatic carbocycles. The number of nitrogens with zero attached hydrogens (tertiary/aromatic N) is 1. The second-order valence-electron chi connectivity index (χ2n) is 7.56. The van der Waals surface area contributed by atoms with Gasteiger partial charge in [0.15, 0.2) is 0 Å².